The lowest BCUT2D eigenvalue weighted by Gasteiger charge is -2.05. The Balaban J connectivity index is 2.33. The van der Waals surface area contributed by atoms with E-state index in [4.69, 9.17) is 6.85 Å². The molecule has 4 heteroatoms. The SMILES string of the molecule is [2H]c1c([2H])c(C(=O)C([2H])([2H])NCc2ccccc2)c([2H])c(O)c1O. The molecule has 0 saturated heterocycles. The molecule has 0 spiro atoms. The van der Waals surface area contributed by atoms with E-state index in [0.29, 0.717) is 0 Å². The van der Waals surface area contributed by atoms with Crippen molar-refractivity contribution in [2.24, 2.45) is 0 Å². The van der Waals surface area contributed by atoms with Gasteiger partial charge in [0.05, 0.1) is 13.4 Å². The van der Waals surface area contributed by atoms with Crippen LogP contribution in [0.1, 0.15) is 22.8 Å². The summed E-state index contributed by atoms with van der Waals surface area (Å²) in [6, 6.07) is 6.21. The van der Waals surface area contributed by atoms with Crippen molar-refractivity contribution in [1.29, 1.82) is 0 Å². The highest BCUT2D eigenvalue weighted by Gasteiger charge is 2.08. The summed E-state index contributed by atoms with van der Waals surface area (Å²) in [5, 5.41) is 21.4. The molecular formula is C15H15NO3. The molecule has 2 rings (SSSR count). The Kier molecular flexibility index (Phi) is 2.52. The minimum absolute atomic E-state index is 0.0258. The topological polar surface area (TPSA) is 69.6 Å². The fourth-order valence-electron chi connectivity index (χ4n) is 1.39. The largest absolute Gasteiger partial charge is 0.504 e. The molecule has 0 aromatic heterocycles. The maximum absolute atomic E-state index is 12.4. The molecule has 0 aliphatic rings. The summed E-state index contributed by atoms with van der Waals surface area (Å²) in [4.78, 5) is 12.4. The van der Waals surface area contributed by atoms with Crippen LogP contribution in [0.4, 0.5) is 0 Å². The number of Topliss-reactive ketones (excluding diaryl/α,β-unsaturated/α-hetero) is 1. The van der Waals surface area contributed by atoms with Gasteiger partial charge >= 0.3 is 0 Å². The second kappa shape index (κ2) is 6.02. The standard InChI is InChI=1S/C15H15NO3/c17-13-7-6-12(8-14(13)18)15(19)10-16-9-11-4-2-1-3-5-11/h1-8,16-18H,9-10H2/i6D,7D,8D,10D2. The quantitative estimate of drug-likeness (QED) is 0.570. The molecule has 0 aliphatic heterocycles. The molecule has 0 bridgehead atoms. The van der Waals surface area contributed by atoms with Crippen LogP contribution in [0.5, 0.6) is 11.5 Å². The molecule has 0 saturated carbocycles. The Labute approximate surface area is 118 Å². The van der Waals surface area contributed by atoms with Crippen LogP contribution in [0.3, 0.4) is 0 Å². The van der Waals surface area contributed by atoms with Crippen LogP contribution in [0.2, 0.25) is 0 Å². The molecule has 19 heavy (non-hydrogen) atoms. The average molecular weight is 262 g/mol. The van der Waals surface area contributed by atoms with Gasteiger partial charge in [-0.3, -0.25) is 4.79 Å². The Morgan fingerprint density at radius 3 is 2.68 bits per heavy atom. The summed E-state index contributed by atoms with van der Waals surface area (Å²) >= 11 is 0. The number of carbonyl (C=O) groups excluding carboxylic acids is 1. The number of rotatable bonds is 5. The number of aromatic hydroxyl groups is 2. The Morgan fingerprint density at radius 1 is 1.21 bits per heavy atom. The van der Waals surface area contributed by atoms with E-state index in [0.717, 1.165) is 5.56 Å². The first-order valence-corrected chi connectivity index (χ1v) is 5.52. The molecule has 4 nitrogen and oxygen atoms in total. The monoisotopic (exact) mass is 262 g/mol. The fourth-order valence-corrected chi connectivity index (χ4v) is 1.39. The molecule has 2 aromatic carbocycles. The number of benzene rings is 2. The molecule has 0 unspecified atom stereocenters. The van der Waals surface area contributed by atoms with Gasteiger partial charge in [-0.15, -0.1) is 0 Å². The first-order chi connectivity index (χ1) is 11.2. The number of phenolic OH excluding ortho intramolecular Hbond substituents is 2. The van der Waals surface area contributed by atoms with E-state index in [1.165, 1.54) is 0 Å². The van der Waals surface area contributed by atoms with Crippen molar-refractivity contribution in [1.82, 2.24) is 5.32 Å². The van der Waals surface area contributed by atoms with Crippen molar-refractivity contribution in [3.8, 4) is 11.5 Å². The van der Waals surface area contributed by atoms with Gasteiger partial charge in [0.25, 0.3) is 0 Å². The number of hydrogen-bond donors (Lipinski definition) is 3. The van der Waals surface area contributed by atoms with Crippen molar-refractivity contribution < 1.29 is 21.9 Å². The van der Waals surface area contributed by atoms with Gasteiger partial charge in [-0.2, -0.15) is 0 Å². The van der Waals surface area contributed by atoms with Crippen LogP contribution in [-0.4, -0.2) is 22.5 Å². The number of hydrogen-bond acceptors (Lipinski definition) is 4. The zero-order valence-corrected chi connectivity index (χ0v) is 9.90. The van der Waals surface area contributed by atoms with Crippen LogP contribution in [-0.2, 0) is 6.54 Å². The van der Waals surface area contributed by atoms with Gasteiger partial charge in [0, 0.05) is 12.1 Å². The number of ketones is 1. The van der Waals surface area contributed by atoms with E-state index in [1.54, 1.807) is 30.3 Å². The van der Waals surface area contributed by atoms with E-state index in [2.05, 4.69) is 5.32 Å². The number of carbonyl (C=O) groups is 1. The minimum atomic E-state index is -2.63. The number of nitrogens with one attached hydrogen (secondary N) is 1. The Bertz CT molecular complexity index is 751. The fraction of sp³-hybridized carbons (Fsp3) is 0.133. The van der Waals surface area contributed by atoms with E-state index in [1.807, 2.05) is 0 Å². The van der Waals surface area contributed by atoms with Crippen molar-refractivity contribution in [3.05, 3.63) is 59.6 Å². The molecule has 98 valence electrons. The highest BCUT2D eigenvalue weighted by Crippen LogP contribution is 2.24. The highest BCUT2D eigenvalue weighted by atomic mass is 16.3. The first kappa shape index (κ1) is 7.96. The third kappa shape index (κ3) is 3.56. The normalized spacial score (nSPS) is 14.8. The second-order valence-electron chi connectivity index (χ2n) is 3.74. The third-order valence-corrected chi connectivity index (χ3v) is 2.34. The summed E-state index contributed by atoms with van der Waals surface area (Å²) in [5.41, 5.74) is -0.0398. The molecule has 0 heterocycles. The van der Waals surface area contributed by atoms with Crippen molar-refractivity contribution in [2.75, 3.05) is 6.50 Å². The predicted molar refractivity (Wildman–Crippen MR) is 72.3 cm³/mol. The highest BCUT2D eigenvalue weighted by molar-refractivity contribution is 5.98. The summed E-state index contributed by atoms with van der Waals surface area (Å²) in [7, 11) is 0. The molecule has 0 radical (unpaired) electrons. The zero-order valence-electron chi connectivity index (χ0n) is 14.9. The van der Waals surface area contributed by atoms with Crippen LogP contribution in [0, 0.1) is 0 Å². The van der Waals surface area contributed by atoms with Gasteiger partial charge in [-0.25, -0.2) is 0 Å². The van der Waals surface area contributed by atoms with E-state index in [9.17, 15) is 15.0 Å². The first-order valence-electron chi connectivity index (χ1n) is 8.02. The Morgan fingerprint density at radius 2 is 1.95 bits per heavy atom. The van der Waals surface area contributed by atoms with Gasteiger partial charge in [0.1, 0.15) is 0 Å². The predicted octanol–water partition coefficient (Wildman–Crippen LogP) is 2.07. The van der Waals surface area contributed by atoms with Gasteiger partial charge < -0.3 is 15.5 Å². The van der Waals surface area contributed by atoms with E-state index in [-0.39, 0.29) is 6.54 Å². The molecule has 0 fully saturated rings. The van der Waals surface area contributed by atoms with E-state index >= 15 is 0 Å². The lowest BCUT2D eigenvalue weighted by Crippen LogP contribution is -2.22. The van der Waals surface area contributed by atoms with Crippen LogP contribution >= 0.6 is 0 Å². The van der Waals surface area contributed by atoms with Crippen molar-refractivity contribution in [3.63, 3.8) is 0 Å². The molecular weight excluding hydrogens is 242 g/mol. The minimum Gasteiger partial charge on any atom is -0.504 e. The summed E-state index contributed by atoms with van der Waals surface area (Å²) < 4.78 is 38.5. The van der Waals surface area contributed by atoms with E-state index < -0.39 is 47.5 Å². The van der Waals surface area contributed by atoms with Crippen molar-refractivity contribution in [2.45, 2.75) is 6.54 Å². The van der Waals surface area contributed by atoms with Crippen LogP contribution < -0.4 is 5.32 Å². The molecule has 0 atom stereocenters. The summed E-state index contributed by atoms with van der Waals surface area (Å²) in [6.07, 6.45) is 0. The molecule has 2 aromatic rings. The molecule has 3 N–H and O–H groups in total. The van der Waals surface area contributed by atoms with Crippen molar-refractivity contribution >= 4 is 5.78 Å². The Hall–Kier alpha value is -2.33. The smallest absolute Gasteiger partial charge is 0.176 e. The number of phenols is 2. The molecule has 0 amide bonds. The van der Waals surface area contributed by atoms with Crippen LogP contribution in [0.25, 0.3) is 0 Å². The van der Waals surface area contributed by atoms with Gasteiger partial charge in [-0.1, -0.05) is 30.3 Å². The van der Waals surface area contributed by atoms with Gasteiger partial charge in [0.2, 0.25) is 0 Å². The van der Waals surface area contributed by atoms with Gasteiger partial charge in [-0.05, 0) is 23.7 Å². The maximum atomic E-state index is 12.4. The average Bonchev–Trinajstić information content (AvgIpc) is 2.57. The van der Waals surface area contributed by atoms with Crippen LogP contribution in [0.15, 0.2) is 48.5 Å². The second-order valence-corrected chi connectivity index (χ2v) is 3.74. The lowest BCUT2D eigenvalue weighted by atomic mass is 10.1. The lowest BCUT2D eigenvalue weighted by molar-refractivity contribution is 0.0990. The summed E-state index contributed by atoms with van der Waals surface area (Å²) in [5.74, 6) is -3.28. The summed E-state index contributed by atoms with van der Waals surface area (Å²) in [6.45, 7) is -2.60. The third-order valence-electron chi connectivity index (χ3n) is 2.34. The zero-order chi connectivity index (χ0) is 18.1. The maximum Gasteiger partial charge on any atom is 0.176 e. The molecule has 0 aliphatic carbocycles. The van der Waals surface area contributed by atoms with Gasteiger partial charge in [0.15, 0.2) is 17.3 Å².